The van der Waals surface area contributed by atoms with Crippen molar-refractivity contribution in [2.24, 2.45) is 0 Å². The molecule has 0 spiro atoms. The first-order valence-electron chi connectivity index (χ1n) is 6.85. The molecule has 1 aliphatic rings. The van der Waals surface area contributed by atoms with Crippen molar-refractivity contribution in [2.75, 3.05) is 6.61 Å². The van der Waals surface area contributed by atoms with Gasteiger partial charge in [-0.25, -0.2) is 9.59 Å². The minimum Gasteiger partial charge on any atom is -0.457 e. The number of halogens is 4. The molecule has 25 heavy (non-hydrogen) atoms. The number of thiophene rings is 1. The average Bonchev–Trinajstić information content (AvgIpc) is 3.11. The van der Waals surface area contributed by atoms with E-state index in [2.05, 4.69) is 31.9 Å². The van der Waals surface area contributed by atoms with Crippen molar-refractivity contribution in [1.29, 1.82) is 0 Å². The second-order valence-corrected chi connectivity index (χ2v) is 9.02. The molecule has 3 rings (SSSR count). The molecule has 1 atom stereocenters. The van der Waals surface area contributed by atoms with E-state index in [0.29, 0.717) is 26.1 Å². The Balaban J connectivity index is 1.68. The van der Waals surface area contributed by atoms with E-state index in [-0.39, 0.29) is 6.61 Å². The predicted octanol–water partition coefficient (Wildman–Crippen LogP) is 5.75. The van der Waals surface area contributed by atoms with Crippen LogP contribution in [0.25, 0.3) is 5.57 Å². The molecule has 9 heteroatoms. The Bertz CT molecular complexity index is 875. The Morgan fingerprint density at radius 3 is 2.64 bits per heavy atom. The molecule has 0 aliphatic carbocycles. The summed E-state index contributed by atoms with van der Waals surface area (Å²) in [4.78, 5) is 24.5. The maximum Gasteiger partial charge on any atom is 0.348 e. The molecule has 0 saturated heterocycles. The van der Waals surface area contributed by atoms with Crippen molar-refractivity contribution < 1.29 is 19.1 Å². The molecule has 0 bridgehead atoms. The Morgan fingerprint density at radius 1 is 1.24 bits per heavy atom. The molecule has 2 aromatic rings. The number of carbonyl (C=O) groups excluding carboxylic acids is 2. The van der Waals surface area contributed by atoms with E-state index < -0.39 is 18.0 Å². The highest BCUT2D eigenvalue weighted by Gasteiger charge is 2.28. The average molecular weight is 527 g/mol. The highest BCUT2D eigenvalue weighted by atomic mass is 79.9. The van der Waals surface area contributed by atoms with Crippen LogP contribution in [-0.4, -0.2) is 24.6 Å². The molecule has 0 saturated carbocycles. The lowest BCUT2D eigenvalue weighted by atomic mass is 10.1. The normalized spacial score (nSPS) is 16.6. The third-order valence-electron chi connectivity index (χ3n) is 3.29. The summed E-state index contributed by atoms with van der Waals surface area (Å²) in [5, 5.41) is 0.743. The zero-order chi connectivity index (χ0) is 18.1. The minimum atomic E-state index is -0.646. The second-order valence-electron chi connectivity index (χ2n) is 4.98. The first kappa shape index (κ1) is 18.9. The van der Waals surface area contributed by atoms with Gasteiger partial charge in [-0.3, -0.25) is 0 Å². The molecule has 0 radical (unpaired) electrons. The molecule has 4 nitrogen and oxygen atoms in total. The molecule has 130 valence electrons. The first-order chi connectivity index (χ1) is 11.8. The van der Waals surface area contributed by atoms with Crippen LogP contribution in [0.4, 0.5) is 0 Å². The van der Waals surface area contributed by atoms with Crippen LogP contribution in [-0.2, 0) is 14.3 Å². The monoisotopic (exact) mass is 524 g/mol. The highest BCUT2D eigenvalue weighted by Crippen LogP contribution is 2.33. The van der Waals surface area contributed by atoms with Crippen molar-refractivity contribution in [3.8, 4) is 0 Å². The molecule has 1 unspecified atom stereocenters. The Kier molecular flexibility index (Phi) is 5.90. The Hall–Kier alpha value is -0.860. The third-order valence-corrected chi connectivity index (χ3v) is 7.26. The van der Waals surface area contributed by atoms with Crippen LogP contribution in [0.2, 0.25) is 10.0 Å². The molecular formula is C16H8Br2Cl2O4S. The molecule has 2 heterocycles. The van der Waals surface area contributed by atoms with Gasteiger partial charge in [-0.1, -0.05) is 29.3 Å². The molecule has 0 N–H and O–H groups in total. The third kappa shape index (κ3) is 4.28. The molecule has 1 aromatic heterocycles. The molecule has 0 fully saturated rings. The maximum atomic E-state index is 12.0. The number of carbonyl (C=O) groups is 2. The SMILES string of the molecule is O=C1OC(COC(=O)c2cc(Br)c(Br)s2)C=C1c1ccc(Cl)c(Cl)c1. The van der Waals surface area contributed by atoms with E-state index in [1.165, 1.54) is 11.3 Å². The van der Waals surface area contributed by atoms with Crippen LogP contribution in [0.15, 0.2) is 38.6 Å². The van der Waals surface area contributed by atoms with E-state index in [4.69, 9.17) is 32.7 Å². The van der Waals surface area contributed by atoms with Gasteiger partial charge in [-0.2, -0.15) is 0 Å². The zero-order valence-corrected chi connectivity index (χ0v) is 17.7. The van der Waals surface area contributed by atoms with Gasteiger partial charge in [0, 0.05) is 4.47 Å². The summed E-state index contributed by atoms with van der Waals surface area (Å²) >= 11 is 19.7. The number of hydrogen-bond donors (Lipinski definition) is 0. The van der Waals surface area contributed by atoms with Crippen LogP contribution < -0.4 is 0 Å². The lowest BCUT2D eigenvalue weighted by Gasteiger charge is -2.08. The smallest absolute Gasteiger partial charge is 0.348 e. The number of rotatable bonds is 4. The lowest BCUT2D eigenvalue weighted by molar-refractivity contribution is -0.139. The van der Waals surface area contributed by atoms with E-state index in [1.54, 1.807) is 30.3 Å². The van der Waals surface area contributed by atoms with Gasteiger partial charge in [0.15, 0.2) is 6.10 Å². The molecule has 1 aliphatic heterocycles. The number of cyclic esters (lactones) is 1. The summed E-state index contributed by atoms with van der Waals surface area (Å²) in [5.74, 6) is -0.982. The van der Waals surface area contributed by atoms with Crippen molar-refractivity contribution in [3.63, 3.8) is 0 Å². The summed E-state index contributed by atoms with van der Waals surface area (Å²) < 4.78 is 12.0. The van der Waals surface area contributed by atoms with Gasteiger partial charge in [0.1, 0.15) is 11.5 Å². The van der Waals surface area contributed by atoms with Crippen molar-refractivity contribution in [3.05, 3.63) is 59.1 Å². The van der Waals surface area contributed by atoms with Gasteiger partial charge in [0.2, 0.25) is 0 Å². The summed E-state index contributed by atoms with van der Waals surface area (Å²) in [5.41, 5.74) is 0.959. The standard InChI is InChI=1S/C16H8Br2Cl2O4S/c17-10-5-13(25-14(10)18)16(22)23-6-8-4-9(15(21)24-8)7-1-2-11(19)12(20)3-7/h1-5,8H,6H2. The summed E-state index contributed by atoms with van der Waals surface area (Å²) in [6.45, 7) is -0.0669. The fourth-order valence-corrected chi connectivity index (χ4v) is 4.35. The van der Waals surface area contributed by atoms with E-state index in [9.17, 15) is 9.59 Å². The second kappa shape index (κ2) is 7.80. The summed E-state index contributed by atoms with van der Waals surface area (Å²) in [6, 6.07) is 6.53. The van der Waals surface area contributed by atoms with Gasteiger partial charge < -0.3 is 9.47 Å². The van der Waals surface area contributed by atoms with Gasteiger partial charge in [-0.15, -0.1) is 11.3 Å². The van der Waals surface area contributed by atoms with E-state index in [0.717, 1.165) is 8.26 Å². The van der Waals surface area contributed by atoms with Crippen molar-refractivity contribution in [1.82, 2.24) is 0 Å². The minimum absolute atomic E-state index is 0.0669. The predicted molar refractivity (Wildman–Crippen MR) is 104 cm³/mol. The summed E-state index contributed by atoms with van der Waals surface area (Å²) in [7, 11) is 0. The van der Waals surface area contributed by atoms with Crippen molar-refractivity contribution >= 4 is 83.9 Å². The van der Waals surface area contributed by atoms with Gasteiger partial charge >= 0.3 is 11.9 Å². The number of benzene rings is 1. The lowest BCUT2D eigenvalue weighted by Crippen LogP contribution is -2.18. The zero-order valence-electron chi connectivity index (χ0n) is 12.2. The fourth-order valence-electron chi connectivity index (χ4n) is 2.12. The van der Waals surface area contributed by atoms with Gasteiger partial charge in [0.05, 0.1) is 19.4 Å². The Labute approximate surface area is 174 Å². The molecular weight excluding hydrogens is 519 g/mol. The number of hydrogen-bond acceptors (Lipinski definition) is 5. The fraction of sp³-hybridized carbons (Fsp3) is 0.125. The van der Waals surface area contributed by atoms with Crippen LogP contribution in [0.3, 0.4) is 0 Å². The topological polar surface area (TPSA) is 52.6 Å². The number of esters is 2. The highest BCUT2D eigenvalue weighted by molar-refractivity contribution is 9.13. The first-order valence-corrected chi connectivity index (χ1v) is 10.0. The van der Waals surface area contributed by atoms with Crippen LogP contribution in [0, 0.1) is 0 Å². The molecule has 0 amide bonds. The van der Waals surface area contributed by atoms with Gasteiger partial charge in [0.25, 0.3) is 0 Å². The van der Waals surface area contributed by atoms with Crippen molar-refractivity contribution in [2.45, 2.75) is 6.10 Å². The quantitative estimate of drug-likeness (QED) is 0.476. The Morgan fingerprint density at radius 2 is 2.00 bits per heavy atom. The van der Waals surface area contributed by atoms with E-state index >= 15 is 0 Å². The molecule has 1 aromatic carbocycles. The largest absolute Gasteiger partial charge is 0.457 e. The van der Waals surface area contributed by atoms with E-state index in [1.807, 2.05) is 0 Å². The van der Waals surface area contributed by atoms with Gasteiger partial charge in [-0.05, 0) is 61.7 Å². The summed E-state index contributed by atoms with van der Waals surface area (Å²) in [6.07, 6.45) is 0.961. The van der Waals surface area contributed by atoms with Crippen LogP contribution >= 0.6 is 66.4 Å². The number of ether oxygens (including phenoxy) is 2. The van der Waals surface area contributed by atoms with Crippen LogP contribution in [0.5, 0.6) is 0 Å². The maximum absolute atomic E-state index is 12.0. The van der Waals surface area contributed by atoms with Crippen LogP contribution in [0.1, 0.15) is 15.2 Å².